The molecule has 130 valence electrons. The number of unbranched alkanes of at least 4 members (excludes halogenated alkanes) is 7. The molecule has 0 amide bonds. The van der Waals surface area contributed by atoms with Crippen LogP contribution in [0.2, 0.25) is 0 Å². The molecule has 0 aromatic heterocycles. The van der Waals surface area contributed by atoms with Crippen LogP contribution in [0.1, 0.15) is 90.4 Å². The van der Waals surface area contributed by atoms with Crippen molar-refractivity contribution in [2.45, 2.75) is 96.5 Å². The Hall–Kier alpha value is -0.340. The van der Waals surface area contributed by atoms with Gasteiger partial charge in [-0.05, 0) is 19.3 Å². The third-order valence-electron chi connectivity index (χ3n) is 4.50. The highest BCUT2D eigenvalue weighted by Gasteiger charge is 2.12. The van der Waals surface area contributed by atoms with E-state index in [4.69, 9.17) is 9.47 Å². The summed E-state index contributed by atoms with van der Waals surface area (Å²) in [5, 5.41) is 0. The van der Waals surface area contributed by atoms with E-state index >= 15 is 0 Å². The molecule has 0 aromatic rings. The summed E-state index contributed by atoms with van der Waals surface area (Å²) in [6, 6.07) is 0. The Bertz CT molecular complexity index is 244. The van der Waals surface area contributed by atoms with Crippen LogP contribution < -0.4 is 0 Å². The second-order valence-corrected chi connectivity index (χ2v) is 6.61. The van der Waals surface area contributed by atoms with Gasteiger partial charge < -0.3 is 9.47 Å². The van der Waals surface area contributed by atoms with Gasteiger partial charge in [0.05, 0.1) is 19.3 Å². The SMILES string of the molecule is CCCCCCCCCCOC/C=C/COC1CCCCC1. The monoisotopic (exact) mass is 310 g/mol. The fraction of sp³-hybridized carbons (Fsp3) is 0.900. The maximum Gasteiger partial charge on any atom is 0.0652 e. The second kappa shape index (κ2) is 15.6. The molecule has 0 saturated heterocycles. The van der Waals surface area contributed by atoms with Crippen LogP contribution in [0.3, 0.4) is 0 Å². The Morgan fingerprint density at radius 2 is 1.41 bits per heavy atom. The molecule has 22 heavy (non-hydrogen) atoms. The molecular formula is C20H38O2. The predicted molar refractivity (Wildman–Crippen MR) is 95.4 cm³/mol. The number of rotatable bonds is 14. The van der Waals surface area contributed by atoms with Crippen molar-refractivity contribution in [2.24, 2.45) is 0 Å². The van der Waals surface area contributed by atoms with E-state index in [9.17, 15) is 0 Å². The Morgan fingerprint density at radius 1 is 0.773 bits per heavy atom. The summed E-state index contributed by atoms with van der Waals surface area (Å²) in [6.45, 7) is 4.67. The molecule has 0 unspecified atom stereocenters. The molecule has 0 aromatic carbocycles. The topological polar surface area (TPSA) is 18.5 Å². The van der Waals surface area contributed by atoms with Gasteiger partial charge in [-0.3, -0.25) is 0 Å². The number of hydrogen-bond donors (Lipinski definition) is 0. The highest BCUT2D eigenvalue weighted by molar-refractivity contribution is 4.82. The molecule has 0 atom stereocenters. The highest BCUT2D eigenvalue weighted by Crippen LogP contribution is 2.19. The Morgan fingerprint density at radius 3 is 2.14 bits per heavy atom. The number of ether oxygens (including phenoxy) is 2. The standard InChI is InChI=1S/C20H38O2/c1-2-3-4-5-6-7-8-12-17-21-18-13-14-19-22-20-15-10-9-11-16-20/h13-14,20H,2-12,15-19H2,1H3/b14-13+. The van der Waals surface area contributed by atoms with E-state index in [-0.39, 0.29) is 0 Å². The Labute approximate surface area is 138 Å². The highest BCUT2D eigenvalue weighted by atomic mass is 16.5. The van der Waals surface area contributed by atoms with Gasteiger partial charge in [-0.2, -0.15) is 0 Å². The molecule has 1 rings (SSSR count). The van der Waals surface area contributed by atoms with Crippen LogP contribution in [0, 0.1) is 0 Å². The summed E-state index contributed by atoms with van der Waals surface area (Å²) < 4.78 is 11.5. The molecule has 1 saturated carbocycles. The van der Waals surface area contributed by atoms with Crippen LogP contribution in [-0.2, 0) is 9.47 Å². The molecule has 0 N–H and O–H groups in total. The number of hydrogen-bond acceptors (Lipinski definition) is 2. The van der Waals surface area contributed by atoms with Crippen molar-refractivity contribution in [3.05, 3.63) is 12.2 Å². The van der Waals surface area contributed by atoms with E-state index < -0.39 is 0 Å². The quantitative estimate of drug-likeness (QED) is 0.287. The van der Waals surface area contributed by atoms with E-state index in [0.29, 0.717) is 6.10 Å². The predicted octanol–water partition coefficient (Wildman–Crippen LogP) is 6.05. The van der Waals surface area contributed by atoms with Crippen LogP contribution in [0.5, 0.6) is 0 Å². The van der Waals surface area contributed by atoms with Gasteiger partial charge in [0.1, 0.15) is 0 Å². The lowest BCUT2D eigenvalue weighted by Gasteiger charge is -2.21. The van der Waals surface area contributed by atoms with E-state index in [0.717, 1.165) is 19.8 Å². The molecule has 1 aliphatic carbocycles. The average Bonchev–Trinajstić information content (AvgIpc) is 2.56. The summed E-state index contributed by atoms with van der Waals surface area (Å²) in [4.78, 5) is 0. The first-order valence-corrected chi connectivity index (χ1v) is 9.78. The maximum absolute atomic E-state index is 5.84. The molecule has 1 fully saturated rings. The summed E-state index contributed by atoms with van der Waals surface area (Å²) in [7, 11) is 0. The molecule has 2 nitrogen and oxygen atoms in total. The second-order valence-electron chi connectivity index (χ2n) is 6.61. The first kappa shape index (κ1) is 19.7. The fourth-order valence-electron chi connectivity index (χ4n) is 3.05. The van der Waals surface area contributed by atoms with Crippen LogP contribution in [0.25, 0.3) is 0 Å². The lowest BCUT2D eigenvalue weighted by molar-refractivity contribution is 0.0462. The van der Waals surface area contributed by atoms with Crippen molar-refractivity contribution in [3.63, 3.8) is 0 Å². The Kier molecular flexibility index (Phi) is 13.9. The van der Waals surface area contributed by atoms with Gasteiger partial charge in [-0.1, -0.05) is 83.3 Å². The van der Waals surface area contributed by atoms with Gasteiger partial charge in [-0.15, -0.1) is 0 Å². The van der Waals surface area contributed by atoms with Crippen molar-refractivity contribution in [1.29, 1.82) is 0 Å². The van der Waals surface area contributed by atoms with E-state index in [1.165, 1.54) is 83.5 Å². The minimum atomic E-state index is 0.511. The van der Waals surface area contributed by atoms with Crippen molar-refractivity contribution in [1.82, 2.24) is 0 Å². The smallest absolute Gasteiger partial charge is 0.0652 e. The molecule has 0 aliphatic heterocycles. The zero-order valence-corrected chi connectivity index (χ0v) is 14.9. The maximum atomic E-state index is 5.84. The molecule has 2 heteroatoms. The van der Waals surface area contributed by atoms with Gasteiger partial charge in [0, 0.05) is 6.61 Å². The average molecular weight is 311 g/mol. The van der Waals surface area contributed by atoms with Crippen molar-refractivity contribution in [3.8, 4) is 0 Å². The van der Waals surface area contributed by atoms with Gasteiger partial charge in [0.25, 0.3) is 0 Å². The van der Waals surface area contributed by atoms with Crippen molar-refractivity contribution >= 4 is 0 Å². The molecule has 0 radical (unpaired) electrons. The van der Waals surface area contributed by atoms with Gasteiger partial charge in [0.2, 0.25) is 0 Å². The zero-order valence-electron chi connectivity index (χ0n) is 14.9. The van der Waals surface area contributed by atoms with Crippen LogP contribution >= 0.6 is 0 Å². The van der Waals surface area contributed by atoms with Gasteiger partial charge >= 0.3 is 0 Å². The van der Waals surface area contributed by atoms with Gasteiger partial charge in [-0.25, -0.2) is 0 Å². The first-order chi connectivity index (χ1) is 10.9. The minimum Gasteiger partial charge on any atom is -0.377 e. The first-order valence-electron chi connectivity index (χ1n) is 9.78. The van der Waals surface area contributed by atoms with E-state index in [1.807, 2.05) is 0 Å². The lowest BCUT2D eigenvalue weighted by atomic mass is 9.98. The third-order valence-corrected chi connectivity index (χ3v) is 4.50. The van der Waals surface area contributed by atoms with E-state index in [1.54, 1.807) is 0 Å². The Balaban J connectivity index is 1.74. The third kappa shape index (κ3) is 12.2. The van der Waals surface area contributed by atoms with Crippen LogP contribution in [0.15, 0.2) is 12.2 Å². The summed E-state index contributed by atoms with van der Waals surface area (Å²) >= 11 is 0. The molecule has 0 spiro atoms. The van der Waals surface area contributed by atoms with Crippen LogP contribution in [-0.4, -0.2) is 25.9 Å². The largest absolute Gasteiger partial charge is 0.377 e. The molecule has 1 aliphatic rings. The molecule has 0 heterocycles. The van der Waals surface area contributed by atoms with Gasteiger partial charge in [0.15, 0.2) is 0 Å². The van der Waals surface area contributed by atoms with Crippen molar-refractivity contribution < 1.29 is 9.47 Å². The zero-order chi connectivity index (χ0) is 15.7. The fourth-order valence-corrected chi connectivity index (χ4v) is 3.05. The minimum absolute atomic E-state index is 0.511. The normalized spacial score (nSPS) is 16.6. The summed E-state index contributed by atoms with van der Waals surface area (Å²) in [6.07, 6.45) is 22.2. The van der Waals surface area contributed by atoms with Crippen molar-refractivity contribution in [2.75, 3.05) is 19.8 Å². The van der Waals surface area contributed by atoms with E-state index in [2.05, 4.69) is 19.1 Å². The molecular weight excluding hydrogens is 272 g/mol. The summed E-state index contributed by atoms with van der Waals surface area (Å²) in [5.74, 6) is 0. The lowest BCUT2D eigenvalue weighted by Crippen LogP contribution is -2.16. The van der Waals surface area contributed by atoms with Crippen LogP contribution in [0.4, 0.5) is 0 Å². The summed E-state index contributed by atoms with van der Waals surface area (Å²) in [5.41, 5.74) is 0. The molecule has 0 bridgehead atoms.